The van der Waals surface area contributed by atoms with Gasteiger partial charge in [-0.15, -0.1) is 0 Å². The number of primary amides is 1. The lowest BCUT2D eigenvalue weighted by Crippen LogP contribution is -2.14. The molecule has 1 aromatic carbocycles. The molecule has 0 aliphatic carbocycles. The van der Waals surface area contributed by atoms with E-state index in [0.717, 1.165) is 0 Å². The van der Waals surface area contributed by atoms with Crippen molar-refractivity contribution in [2.45, 2.75) is 0 Å². The first-order chi connectivity index (χ1) is 6.61. The number of methoxy groups -OCH3 is 2. The van der Waals surface area contributed by atoms with E-state index in [1.54, 1.807) is 6.07 Å². The molecule has 0 aromatic heterocycles. The van der Waals surface area contributed by atoms with E-state index in [1.807, 2.05) is 0 Å². The molecule has 1 aromatic rings. The second-order valence-electron chi connectivity index (χ2n) is 2.63. The van der Waals surface area contributed by atoms with Crippen molar-refractivity contribution < 1.29 is 14.3 Å². The van der Waals surface area contributed by atoms with Gasteiger partial charge in [-0.1, -0.05) is 0 Å². The largest absolute Gasteiger partial charge is 0.493 e. The highest BCUT2D eigenvalue weighted by Crippen LogP contribution is 2.35. The van der Waals surface area contributed by atoms with Crippen LogP contribution in [0.3, 0.4) is 0 Å². The van der Waals surface area contributed by atoms with Gasteiger partial charge in [0.15, 0.2) is 11.5 Å². The molecule has 1 rings (SSSR count). The van der Waals surface area contributed by atoms with Gasteiger partial charge in [0.05, 0.1) is 25.5 Å². The number of nitrogen functional groups attached to an aromatic ring is 1. The number of amides is 1. The van der Waals surface area contributed by atoms with Gasteiger partial charge in [-0.25, -0.2) is 0 Å². The van der Waals surface area contributed by atoms with Crippen LogP contribution in [-0.2, 0) is 0 Å². The van der Waals surface area contributed by atoms with Gasteiger partial charge in [0.25, 0.3) is 5.91 Å². The number of nitrogens with two attached hydrogens (primary N) is 2. The van der Waals surface area contributed by atoms with Crippen molar-refractivity contribution in [1.29, 1.82) is 0 Å². The fourth-order valence-corrected chi connectivity index (χ4v) is 1.17. The number of anilines is 1. The fraction of sp³-hybridized carbons (Fsp3) is 0.222. The lowest BCUT2D eigenvalue weighted by molar-refractivity contribution is 0.100. The third-order valence-corrected chi connectivity index (χ3v) is 1.85. The minimum Gasteiger partial charge on any atom is -0.493 e. The van der Waals surface area contributed by atoms with E-state index in [2.05, 4.69) is 0 Å². The van der Waals surface area contributed by atoms with Crippen LogP contribution in [0, 0.1) is 0 Å². The van der Waals surface area contributed by atoms with Crippen molar-refractivity contribution in [3.05, 3.63) is 17.7 Å². The minimum atomic E-state index is -0.594. The number of hydrogen-bond donors (Lipinski definition) is 2. The van der Waals surface area contributed by atoms with Crippen molar-refractivity contribution in [2.24, 2.45) is 5.73 Å². The molecule has 76 valence electrons. The van der Waals surface area contributed by atoms with Gasteiger partial charge in [-0.2, -0.15) is 0 Å². The molecule has 5 nitrogen and oxygen atoms in total. The summed E-state index contributed by atoms with van der Waals surface area (Å²) < 4.78 is 9.99. The predicted molar refractivity (Wildman–Crippen MR) is 52.5 cm³/mol. The molecule has 0 saturated heterocycles. The summed E-state index contributed by atoms with van der Waals surface area (Å²) in [5.41, 5.74) is 11.2. The standard InChI is InChI=1S/C9H12N2O3/c1-13-6-4-3-5(9(11)12)7(10)8(6)14-2/h3-4H,10H2,1-2H3,(H2,11,12). The second-order valence-corrected chi connectivity index (χ2v) is 2.63. The van der Waals surface area contributed by atoms with Crippen molar-refractivity contribution in [3.8, 4) is 11.5 Å². The van der Waals surface area contributed by atoms with E-state index in [4.69, 9.17) is 20.9 Å². The second kappa shape index (κ2) is 3.87. The van der Waals surface area contributed by atoms with E-state index < -0.39 is 5.91 Å². The summed E-state index contributed by atoms with van der Waals surface area (Å²) in [6.45, 7) is 0. The van der Waals surface area contributed by atoms with E-state index in [-0.39, 0.29) is 11.3 Å². The van der Waals surface area contributed by atoms with Crippen LogP contribution < -0.4 is 20.9 Å². The van der Waals surface area contributed by atoms with Gasteiger partial charge in [0.1, 0.15) is 0 Å². The molecule has 5 heteroatoms. The zero-order chi connectivity index (χ0) is 10.7. The Morgan fingerprint density at radius 3 is 2.36 bits per heavy atom. The maximum absolute atomic E-state index is 10.9. The van der Waals surface area contributed by atoms with Crippen molar-refractivity contribution in [3.63, 3.8) is 0 Å². The Kier molecular flexibility index (Phi) is 2.81. The summed E-state index contributed by atoms with van der Waals surface area (Å²) in [5, 5.41) is 0. The minimum absolute atomic E-state index is 0.194. The van der Waals surface area contributed by atoms with Crippen molar-refractivity contribution >= 4 is 11.6 Å². The lowest BCUT2D eigenvalue weighted by Gasteiger charge is -2.11. The van der Waals surface area contributed by atoms with Gasteiger partial charge < -0.3 is 20.9 Å². The summed E-state index contributed by atoms with van der Waals surface area (Å²) >= 11 is 0. The normalized spacial score (nSPS) is 9.57. The highest BCUT2D eigenvalue weighted by Gasteiger charge is 2.14. The molecule has 14 heavy (non-hydrogen) atoms. The third-order valence-electron chi connectivity index (χ3n) is 1.85. The monoisotopic (exact) mass is 196 g/mol. The molecule has 0 spiro atoms. The zero-order valence-electron chi connectivity index (χ0n) is 8.03. The highest BCUT2D eigenvalue weighted by atomic mass is 16.5. The summed E-state index contributed by atoms with van der Waals surface area (Å²) in [7, 11) is 2.93. The number of ether oxygens (including phenoxy) is 2. The molecule has 0 aliphatic rings. The zero-order valence-corrected chi connectivity index (χ0v) is 8.03. The van der Waals surface area contributed by atoms with Crippen molar-refractivity contribution in [2.75, 3.05) is 20.0 Å². The van der Waals surface area contributed by atoms with E-state index in [0.29, 0.717) is 11.5 Å². The Hall–Kier alpha value is -1.91. The molecule has 0 aliphatic heterocycles. The molecule has 0 unspecified atom stereocenters. The highest BCUT2D eigenvalue weighted by molar-refractivity contribution is 5.99. The number of carbonyl (C=O) groups excluding carboxylic acids is 1. The lowest BCUT2D eigenvalue weighted by atomic mass is 10.1. The van der Waals surface area contributed by atoms with Crippen LogP contribution in [0.15, 0.2) is 12.1 Å². The van der Waals surface area contributed by atoms with Gasteiger partial charge in [-0.05, 0) is 12.1 Å². The van der Waals surface area contributed by atoms with Gasteiger partial charge in [0.2, 0.25) is 0 Å². The van der Waals surface area contributed by atoms with E-state index in [1.165, 1.54) is 20.3 Å². The average Bonchev–Trinajstić information content (AvgIpc) is 2.16. The SMILES string of the molecule is COc1ccc(C(N)=O)c(N)c1OC. The Bertz CT molecular complexity index is 363. The Balaban J connectivity index is 3.34. The van der Waals surface area contributed by atoms with Crippen LogP contribution in [0.2, 0.25) is 0 Å². The van der Waals surface area contributed by atoms with Crippen LogP contribution in [0.4, 0.5) is 5.69 Å². The third kappa shape index (κ3) is 1.56. The van der Waals surface area contributed by atoms with Crippen LogP contribution in [0.5, 0.6) is 11.5 Å². The molecule has 0 atom stereocenters. The number of benzene rings is 1. The molecule has 4 N–H and O–H groups in total. The maximum atomic E-state index is 10.9. The Labute approximate surface area is 81.6 Å². The first-order valence-electron chi connectivity index (χ1n) is 3.92. The smallest absolute Gasteiger partial charge is 0.250 e. The first kappa shape index (κ1) is 10.2. The predicted octanol–water partition coefficient (Wildman–Crippen LogP) is 0.385. The van der Waals surface area contributed by atoms with Crippen LogP contribution in [-0.4, -0.2) is 20.1 Å². The Morgan fingerprint density at radius 1 is 1.29 bits per heavy atom. The van der Waals surface area contributed by atoms with E-state index >= 15 is 0 Å². The maximum Gasteiger partial charge on any atom is 0.250 e. The van der Waals surface area contributed by atoms with Gasteiger partial charge >= 0.3 is 0 Å². The topological polar surface area (TPSA) is 87.6 Å². The first-order valence-corrected chi connectivity index (χ1v) is 3.92. The van der Waals surface area contributed by atoms with Gasteiger partial charge in [-0.3, -0.25) is 4.79 Å². The van der Waals surface area contributed by atoms with Crippen LogP contribution in [0.25, 0.3) is 0 Å². The molecule has 0 bridgehead atoms. The number of rotatable bonds is 3. The average molecular weight is 196 g/mol. The molecule has 1 amide bonds. The molecule has 0 heterocycles. The molecule has 0 fully saturated rings. The molecular formula is C9H12N2O3. The van der Waals surface area contributed by atoms with Crippen LogP contribution in [0.1, 0.15) is 10.4 Å². The molecule has 0 radical (unpaired) electrons. The summed E-state index contributed by atoms with van der Waals surface area (Å²) in [6.07, 6.45) is 0. The molecular weight excluding hydrogens is 184 g/mol. The fourth-order valence-electron chi connectivity index (χ4n) is 1.17. The van der Waals surface area contributed by atoms with E-state index in [9.17, 15) is 4.79 Å². The summed E-state index contributed by atoms with van der Waals surface area (Å²) in [6, 6.07) is 3.08. The van der Waals surface area contributed by atoms with Crippen LogP contribution >= 0.6 is 0 Å². The van der Waals surface area contributed by atoms with Gasteiger partial charge in [0, 0.05) is 0 Å². The quantitative estimate of drug-likeness (QED) is 0.684. The summed E-state index contributed by atoms with van der Waals surface area (Å²) in [4.78, 5) is 10.9. The number of carbonyl (C=O) groups is 1. The Morgan fingerprint density at radius 2 is 1.93 bits per heavy atom. The summed E-state index contributed by atoms with van der Waals surface area (Å²) in [5.74, 6) is 0.197. The van der Waals surface area contributed by atoms with Crippen molar-refractivity contribution in [1.82, 2.24) is 0 Å². The molecule has 0 saturated carbocycles. The number of hydrogen-bond acceptors (Lipinski definition) is 4.